The second-order valence-electron chi connectivity index (χ2n) is 6.93. The fraction of sp³-hybridized carbons (Fsp3) is 0.800. The molecule has 12 nitrogen and oxygen atoms in total. The second kappa shape index (κ2) is 14.0. The molecule has 0 aromatic rings. The number of ether oxygens (including phenoxy) is 6. The van der Waals surface area contributed by atoms with Gasteiger partial charge in [-0.1, -0.05) is 0 Å². The molecule has 12 heteroatoms. The highest BCUT2D eigenvalue weighted by molar-refractivity contribution is 5.94. The molecule has 1 heterocycles. The van der Waals surface area contributed by atoms with Gasteiger partial charge in [-0.15, -0.1) is 0 Å². The lowest BCUT2D eigenvalue weighted by Crippen LogP contribution is -2.61. The Morgan fingerprint density at radius 3 is 1.94 bits per heavy atom. The smallest absolute Gasteiger partial charge is 0.320 e. The molecule has 5 atom stereocenters. The molecule has 0 radical (unpaired) electrons. The number of rotatable bonds is 12. The predicted octanol–water partition coefficient (Wildman–Crippen LogP) is -0.533. The maximum absolute atomic E-state index is 12.0. The zero-order valence-electron chi connectivity index (χ0n) is 18.7. The Kier molecular flexibility index (Phi) is 12.1. The van der Waals surface area contributed by atoms with E-state index in [1.54, 1.807) is 13.8 Å². The summed E-state index contributed by atoms with van der Waals surface area (Å²) in [6, 6.07) is 0. The van der Waals surface area contributed by atoms with Crippen LogP contribution in [0.15, 0.2) is 0 Å². The number of carbonyl (C=O) groups excluding carboxylic acids is 4. The van der Waals surface area contributed by atoms with Gasteiger partial charge in [0, 0.05) is 20.5 Å². The highest BCUT2D eigenvalue weighted by Gasteiger charge is 2.49. The van der Waals surface area contributed by atoms with Crippen LogP contribution in [0.3, 0.4) is 0 Å². The van der Waals surface area contributed by atoms with Gasteiger partial charge in [0.1, 0.15) is 12.2 Å². The van der Waals surface area contributed by atoms with E-state index in [9.17, 15) is 29.4 Å². The van der Waals surface area contributed by atoms with Crippen molar-refractivity contribution in [3.05, 3.63) is 0 Å². The molecule has 1 aliphatic rings. The van der Waals surface area contributed by atoms with Crippen LogP contribution < -0.4 is 0 Å². The van der Waals surface area contributed by atoms with Crippen molar-refractivity contribution in [2.24, 2.45) is 5.92 Å². The molecular formula is C20H32O12. The molecule has 0 aromatic heterocycles. The van der Waals surface area contributed by atoms with Crippen LogP contribution in [0.1, 0.15) is 40.5 Å². The first-order chi connectivity index (χ1) is 15.2. The van der Waals surface area contributed by atoms with Crippen LogP contribution in [0, 0.1) is 5.92 Å². The van der Waals surface area contributed by atoms with Crippen molar-refractivity contribution in [3.8, 4) is 0 Å². The lowest BCUT2D eigenvalue weighted by Gasteiger charge is -2.42. The first-order valence-electron chi connectivity index (χ1n) is 10.4. The van der Waals surface area contributed by atoms with Crippen LogP contribution in [-0.4, -0.2) is 91.2 Å². The summed E-state index contributed by atoms with van der Waals surface area (Å²) in [5.74, 6) is -4.03. The Morgan fingerprint density at radius 1 is 0.938 bits per heavy atom. The minimum atomic E-state index is -1.47. The van der Waals surface area contributed by atoms with Crippen LogP contribution in [-0.2, 0) is 47.6 Å². The quantitative estimate of drug-likeness (QED) is 0.164. The Bertz CT molecular complexity index is 618. The first-order valence-corrected chi connectivity index (χ1v) is 10.4. The van der Waals surface area contributed by atoms with E-state index in [1.165, 1.54) is 0 Å². The molecular weight excluding hydrogens is 432 g/mol. The maximum Gasteiger partial charge on any atom is 0.320 e. The normalized spacial score (nSPS) is 25.2. The van der Waals surface area contributed by atoms with Crippen molar-refractivity contribution < 1.29 is 57.8 Å². The van der Waals surface area contributed by atoms with Crippen LogP contribution in [0.4, 0.5) is 0 Å². The number of esters is 4. The van der Waals surface area contributed by atoms with Gasteiger partial charge in [0.25, 0.3) is 0 Å². The molecule has 1 unspecified atom stereocenters. The molecule has 0 amide bonds. The summed E-state index contributed by atoms with van der Waals surface area (Å²) in [6.45, 7) is 5.01. The third-order valence-corrected chi connectivity index (χ3v) is 4.46. The number of hydrogen-bond acceptors (Lipinski definition) is 12. The van der Waals surface area contributed by atoms with E-state index in [0.29, 0.717) is 0 Å². The number of carbonyl (C=O) groups is 4. The third kappa shape index (κ3) is 8.34. The van der Waals surface area contributed by atoms with Crippen molar-refractivity contribution in [2.45, 2.75) is 71.2 Å². The molecule has 184 valence electrons. The van der Waals surface area contributed by atoms with Gasteiger partial charge in [0.2, 0.25) is 0 Å². The molecule has 1 fully saturated rings. The van der Waals surface area contributed by atoms with Crippen molar-refractivity contribution in [1.82, 2.24) is 0 Å². The summed E-state index contributed by atoms with van der Waals surface area (Å²) in [6.07, 6.45) is -6.30. The van der Waals surface area contributed by atoms with Gasteiger partial charge in [0.15, 0.2) is 24.4 Å². The van der Waals surface area contributed by atoms with E-state index in [-0.39, 0.29) is 32.7 Å². The molecule has 0 bridgehead atoms. The fourth-order valence-corrected chi connectivity index (χ4v) is 3.12. The molecule has 2 N–H and O–H groups in total. The molecule has 0 spiro atoms. The van der Waals surface area contributed by atoms with Gasteiger partial charge >= 0.3 is 23.9 Å². The second-order valence-corrected chi connectivity index (χ2v) is 6.93. The van der Waals surface area contributed by atoms with Crippen LogP contribution in [0.5, 0.6) is 0 Å². The number of hydrogen-bond donors (Lipinski definition) is 2. The summed E-state index contributed by atoms with van der Waals surface area (Å²) in [4.78, 5) is 47.1. The Hall–Kier alpha value is -2.28. The molecule has 1 rings (SSSR count). The van der Waals surface area contributed by atoms with Gasteiger partial charge in [-0.3, -0.25) is 19.2 Å². The highest BCUT2D eigenvalue weighted by Crippen LogP contribution is 2.27. The summed E-state index contributed by atoms with van der Waals surface area (Å²) in [5.41, 5.74) is 0. The van der Waals surface area contributed by atoms with E-state index in [2.05, 4.69) is 0 Å². The van der Waals surface area contributed by atoms with Gasteiger partial charge < -0.3 is 38.6 Å². The Labute approximate surface area is 186 Å². The Balaban J connectivity index is 2.84. The fourth-order valence-electron chi connectivity index (χ4n) is 3.12. The Morgan fingerprint density at radius 2 is 1.47 bits per heavy atom. The molecule has 0 aromatic carbocycles. The van der Waals surface area contributed by atoms with Crippen molar-refractivity contribution >= 4 is 23.9 Å². The van der Waals surface area contributed by atoms with Crippen LogP contribution >= 0.6 is 0 Å². The number of aliphatic hydroxyl groups is 2. The SMILES string of the molecule is CCOC(=O)C(CCCOC1O[C@H](CO)[C@H](O)[C@H](OC(C)=O)[C@H]1OC(C)=O)C(=O)OCC. The van der Waals surface area contributed by atoms with Crippen molar-refractivity contribution in [2.75, 3.05) is 26.4 Å². The minimum absolute atomic E-state index is 0.0568. The molecule has 0 aliphatic carbocycles. The van der Waals surface area contributed by atoms with Gasteiger partial charge in [-0.2, -0.15) is 0 Å². The first kappa shape index (κ1) is 27.8. The zero-order valence-corrected chi connectivity index (χ0v) is 18.7. The average Bonchev–Trinajstić information content (AvgIpc) is 2.71. The topological polar surface area (TPSA) is 164 Å². The molecule has 1 aliphatic heterocycles. The van der Waals surface area contributed by atoms with E-state index in [0.717, 1.165) is 13.8 Å². The lowest BCUT2D eigenvalue weighted by molar-refractivity contribution is -0.306. The third-order valence-electron chi connectivity index (χ3n) is 4.46. The van der Waals surface area contributed by atoms with Gasteiger partial charge in [-0.25, -0.2) is 0 Å². The lowest BCUT2D eigenvalue weighted by atomic mass is 9.98. The summed E-state index contributed by atoms with van der Waals surface area (Å²) in [7, 11) is 0. The van der Waals surface area contributed by atoms with E-state index < -0.39 is 67.1 Å². The van der Waals surface area contributed by atoms with E-state index >= 15 is 0 Å². The zero-order chi connectivity index (χ0) is 24.3. The summed E-state index contributed by atoms with van der Waals surface area (Å²) in [5, 5.41) is 19.8. The molecule has 1 saturated heterocycles. The van der Waals surface area contributed by atoms with E-state index in [1.807, 2.05) is 0 Å². The maximum atomic E-state index is 12.0. The largest absolute Gasteiger partial charge is 0.465 e. The van der Waals surface area contributed by atoms with E-state index in [4.69, 9.17) is 28.4 Å². The van der Waals surface area contributed by atoms with Gasteiger partial charge in [0.05, 0.1) is 19.8 Å². The van der Waals surface area contributed by atoms with Gasteiger partial charge in [-0.05, 0) is 26.7 Å². The number of aliphatic hydroxyl groups excluding tert-OH is 2. The monoisotopic (exact) mass is 464 g/mol. The highest BCUT2D eigenvalue weighted by atomic mass is 16.7. The molecule has 0 saturated carbocycles. The summed E-state index contributed by atoms with van der Waals surface area (Å²) >= 11 is 0. The minimum Gasteiger partial charge on any atom is -0.465 e. The predicted molar refractivity (Wildman–Crippen MR) is 105 cm³/mol. The van der Waals surface area contributed by atoms with Crippen LogP contribution in [0.25, 0.3) is 0 Å². The standard InChI is InChI=1S/C20H32O12/c1-5-27-18(25)13(19(26)28-6-2)8-7-9-29-20-17(31-12(4)23)16(30-11(3)22)15(24)14(10-21)32-20/h13-17,20-21,24H,5-10H2,1-4H3/t14-,15+,16+,17-,20?/m1/s1. The average molecular weight is 464 g/mol. The molecule has 32 heavy (non-hydrogen) atoms. The van der Waals surface area contributed by atoms with Crippen molar-refractivity contribution in [3.63, 3.8) is 0 Å². The summed E-state index contributed by atoms with van der Waals surface area (Å²) < 4.78 is 31.1. The van der Waals surface area contributed by atoms with Crippen molar-refractivity contribution in [1.29, 1.82) is 0 Å². The van der Waals surface area contributed by atoms with Crippen LogP contribution in [0.2, 0.25) is 0 Å².